The topological polar surface area (TPSA) is 0 Å². The van der Waals surface area contributed by atoms with Crippen LogP contribution >= 0.6 is 0 Å². The van der Waals surface area contributed by atoms with E-state index in [0.717, 1.165) is 0 Å². The zero-order valence-corrected chi connectivity index (χ0v) is 38.3. The molecular weight excluding hydrogens is 802 g/mol. The monoisotopic (exact) mass is 870 g/mol. The molecule has 3 rings (SSSR count). The van der Waals surface area contributed by atoms with Crippen molar-refractivity contribution in [2.75, 3.05) is 0 Å². The molecule has 3 aliphatic rings. The predicted octanol–water partition coefficient (Wildman–Crippen LogP) is 12.1. The van der Waals surface area contributed by atoms with E-state index in [1.807, 2.05) is 0 Å². The van der Waals surface area contributed by atoms with E-state index in [2.05, 4.69) is 179 Å². The third-order valence-corrected chi connectivity index (χ3v) is 21.4. The molecule has 0 nitrogen and oxygen atoms in total. The molecule has 0 fully saturated rings. The average molecular weight is 867 g/mol. The summed E-state index contributed by atoms with van der Waals surface area (Å²) in [6, 6.07) is 0. The van der Waals surface area contributed by atoms with Crippen LogP contribution in [0.5, 0.6) is 0 Å². The first-order valence-corrected chi connectivity index (χ1v) is 22.8. The summed E-state index contributed by atoms with van der Waals surface area (Å²) in [7, 11) is 0. The van der Waals surface area contributed by atoms with Crippen LogP contribution in [0.15, 0.2) is 96.5 Å². The molecule has 254 valence electrons. The maximum atomic E-state index is 2.56. The Hall–Kier alpha value is -0.511. The van der Waals surface area contributed by atoms with Crippen LogP contribution in [-0.4, -0.2) is 50.8 Å². The Labute approximate surface area is 308 Å². The fourth-order valence-corrected chi connectivity index (χ4v) is 13.6. The normalized spacial score (nSPS) is 19.2. The van der Waals surface area contributed by atoms with Crippen LogP contribution in [0.1, 0.15) is 125 Å². The molecule has 0 unspecified atom stereocenters. The van der Waals surface area contributed by atoms with Gasteiger partial charge in [0.2, 0.25) is 0 Å². The fraction of sp³-hybridized carbons (Fsp3) is 0.581. The van der Waals surface area contributed by atoms with Gasteiger partial charge in [-0.05, 0) is 0 Å². The van der Waals surface area contributed by atoms with Crippen LogP contribution in [0.2, 0.25) is 0 Å². The minimum absolute atomic E-state index is 0.165. The Bertz CT molecular complexity index is 1190. The minimum atomic E-state index is -0.365. The van der Waals surface area contributed by atoms with Crippen molar-refractivity contribution in [3.8, 4) is 0 Å². The quantitative estimate of drug-likeness (QED) is 0.248. The van der Waals surface area contributed by atoms with E-state index in [1.54, 1.807) is 25.1 Å². The van der Waals surface area contributed by atoms with Crippen LogP contribution in [-0.2, 0) is 0 Å². The van der Waals surface area contributed by atoms with Gasteiger partial charge in [-0.15, -0.1) is 0 Å². The van der Waals surface area contributed by atoms with Gasteiger partial charge in [0.25, 0.3) is 0 Å². The molecule has 0 amide bonds. The molecule has 3 heteroatoms. The molecule has 0 aromatic heterocycles. The van der Waals surface area contributed by atoms with E-state index < -0.39 is 0 Å². The van der Waals surface area contributed by atoms with Crippen molar-refractivity contribution in [3.63, 3.8) is 0 Å². The van der Waals surface area contributed by atoms with Crippen LogP contribution < -0.4 is 0 Å². The van der Waals surface area contributed by atoms with Gasteiger partial charge in [-0.25, -0.2) is 0 Å². The molecule has 0 spiro atoms. The van der Waals surface area contributed by atoms with Gasteiger partial charge in [0.15, 0.2) is 0 Å². The molecule has 0 atom stereocenters. The van der Waals surface area contributed by atoms with Gasteiger partial charge >= 0.3 is 310 Å². The van der Waals surface area contributed by atoms with Crippen molar-refractivity contribution in [2.45, 2.75) is 125 Å². The van der Waals surface area contributed by atoms with E-state index in [9.17, 15) is 0 Å². The first-order chi connectivity index (χ1) is 20.5. The first-order valence-electron chi connectivity index (χ1n) is 17.1. The van der Waals surface area contributed by atoms with Gasteiger partial charge in [0.05, 0.1) is 0 Å². The van der Waals surface area contributed by atoms with Gasteiger partial charge in [-0.3, -0.25) is 0 Å². The second-order valence-corrected chi connectivity index (χ2v) is 27.1. The number of allylic oxidation sites excluding steroid dienone is 18. The standard InChI is InChI=1S/C43H64Se2Te/c1-38(2,3)32-22-29(23-33(44-32)39(4,5)6)19-28(20-30-24-34(40(7,8)9)45-35(25-30)41(10,11)12)21-31-26-36(42(13,14)15)46-37(27-31)43(16,17)18/h19-28H,1-18H3. The van der Waals surface area contributed by atoms with Crippen molar-refractivity contribution < 1.29 is 0 Å². The van der Waals surface area contributed by atoms with E-state index >= 15 is 0 Å². The molecule has 0 saturated carbocycles. The second-order valence-electron chi connectivity index (χ2n) is 19.4. The van der Waals surface area contributed by atoms with E-state index in [0.29, 0.717) is 29.9 Å². The molecule has 0 aromatic carbocycles. The SMILES string of the molecule is CC(C)(C)C1=CC(=CC(C=C2C=C(C(C)(C)C)[Se]C(C(C)(C)C)=C2)C=C2C=C(C(C)(C)C)[Te]C(C(C)(C)C)=C2)C=C(C(C)(C)C)[Se]1. The third kappa shape index (κ3) is 11.3. The molecule has 0 N–H and O–H groups in total. The molecule has 0 saturated heterocycles. The summed E-state index contributed by atoms with van der Waals surface area (Å²) >= 11 is 0.390. The number of hydrogen-bond acceptors (Lipinski definition) is 0. The molecular formula is C43H64Se2Te. The zero-order valence-electron chi connectivity index (χ0n) is 32.5. The molecule has 0 aromatic rings. The fourth-order valence-electron chi connectivity index (χ4n) is 4.88. The number of rotatable bonds is 3. The Balaban J connectivity index is 2.36. The second kappa shape index (κ2) is 14.0. The van der Waals surface area contributed by atoms with Crippen molar-refractivity contribution in [1.82, 2.24) is 0 Å². The van der Waals surface area contributed by atoms with Gasteiger partial charge < -0.3 is 0 Å². The van der Waals surface area contributed by atoms with Crippen LogP contribution in [0.25, 0.3) is 0 Å². The van der Waals surface area contributed by atoms with Crippen LogP contribution in [0, 0.1) is 38.4 Å². The predicted molar refractivity (Wildman–Crippen MR) is 210 cm³/mol. The van der Waals surface area contributed by atoms with E-state index in [-0.39, 0.29) is 59.3 Å². The maximum absolute atomic E-state index is 2.56. The zero-order chi connectivity index (χ0) is 35.3. The van der Waals surface area contributed by atoms with Crippen molar-refractivity contribution in [1.29, 1.82) is 0 Å². The van der Waals surface area contributed by atoms with Crippen LogP contribution in [0.4, 0.5) is 0 Å². The Morgan fingerprint density at radius 2 is 0.630 bits per heavy atom. The molecule has 3 aliphatic heterocycles. The van der Waals surface area contributed by atoms with Crippen molar-refractivity contribution >= 4 is 50.8 Å². The summed E-state index contributed by atoms with van der Waals surface area (Å²) in [6.45, 7) is 43.0. The van der Waals surface area contributed by atoms with E-state index in [1.165, 1.54) is 16.7 Å². The van der Waals surface area contributed by atoms with Gasteiger partial charge in [-0.1, -0.05) is 0 Å². The van der Waals surface area contributed by atoms with E-state index in [4.69, 9.17) is 0 Å². The molecule has 0 aliphatic carbocycles. The van der Waals surface area contributed by atoms with Gasteiger partial charge in [-0.2, -0.15) is 0 Å². The van der Waals surface area contributed by atoms with Crippen molar-refractivity contribution in [2.24, 2.45) is 38.4 Å². The molecule has 0 bridgehead atoms. The average Bonchev–Trinajstić information content (AvgIpc) is 2.85. The van der Waals surface area contributed by atoms with Gasteiger partial charge in [0.1, 0.15) is 0 Å². The Morgan fingerprint density at radius 3 is 0.848 bits per heavy atom. The van der Waals surface area contributed by atoms with Crippen LogP contribution in [0.3, 0.4) is 0 Å². The summed E-state index contributed by atoms with van der Waals surface area (Å²) in [6.07, 6.45) is 22.9. The van der Waals surface area contributed by atoms with Gasteiger partial charge in [0, 0.05) is 0 Å². The first kappa shape index (κ1) is 39.9. The van der Waals surface area contributed by atoms with Crippen molar-refractivity contribution in [3.05, 3.63) is 96.5 Å². The number of hydrogen-bond donors (Lipinski definition) is 0. The summed E-state index contributed by atoms with van der Waals surface area (Å²) in [4.78, 5) is 0. The summed E-state index contributed by atoms with van der Waals surface area (Å²) < 4.78 is 9.69. The Kier molecular flexibility index (Phi) is 12.2. The molecule has 46 heavy (non-hydrogen) atoms. The molecule has 0 radical (unpaired) electrons. The summed E-state index contributed by atoms with van der Waals surface area (Å²) in [5.74, 6) is 0.176. The third-order valence-electron chi connectivity index (χ3n) is 8.04. The summed E-state index contributed by atoms with van der Waals surface area (Å²) in [5.41, 5.74) is 5.16. The summed E-state index contributed by atoms with van der Waals surface area (Å²) in [5, 5.41) is 0. The molecule has 3 heterocycles. The Morgan fingerprint density at radius 1 is 0.391 bits per heavy atom.